The molecule has 0 aliphatic rings. The highest BCUT2D eigenvalue weighted by atomic mass is 35.5. The second kappa shape index (κ2) is 8.46. The Bertz CT molecular complexity index is 949. The van der Waals surface area contributed by atoms with Crippen LogP contribution in [0.5, 0.6) is 5.75 Å². The van der Waals surface area contributed by atoms with E-state index in [4.69, 9.17) is 27.9 Å². The fourth-order valence-electron chi connectivity index (χ4n) is 2.61. The second-order valence-corrected chi connectivity index (χ2v) is 6.95. The monoisotopic (exact) mass is 403 g/mol. The maximum Gasteiger partial charge on any atom is 0.263 e. The van der Waals surface area contributed by atoms with E-state index in [-0.39, 0.29) is 12.5 Å². The molecule has 0 saturated carbocycles. The predicted octanol–water partition coefficient (Wildman–Crippen LogP) is 4.87. The summed E-state index contributed by atoms with van der Waals surface area (Å²) in [4.78, 5) is 12.2. The number of aryl methyl sites for hydroxylation is 2. The summed E-state index contributed by atoms with van der Waals surface area (Å²) in [7, 11) is 0. The van der Waals surface area contributed by atoms with Gasteiger partial charge in [-0.15, -0.1) is 0 Å². The molecule has 1 amide bonds. The van der Waals surface area contributed by atoms with Gasteiger partial charge in [-0.25, -0.2) is 0 Å². The second-order valence-electron chi connectivity index (χ2n) is 6.13. The highest BCUT2D eigenvalue weighted by Crippen LogP contribution is 2.25. The van der Waals surface area contributed by atoms with E-state index < -0.39 is 0 Å². The van der Waals surface area contributed by atoms with Crippen molar-refractivity contribution in [1.29, 1.82) is 0 Å². The van der Waals surface area contributed by atoms with Gasteiger partial charge < -0.3 is 10.1 Å². The van der Waals surface area contributed by atoms with Gasteiger partial charge in [0.2, 0.25) is 0 Å². The van der Waals surface area contributed by atoms with E-state index in [2.05, 4.69) is 10.4 Å². The molecule has 5 nitrogen and oxygen atoms in total. The van der Waals surface area contributed by atoms with Crippen LogP contribution in [0.15, 0.2) is 48.5 Å². The van der Waals surface area contributed by atoms with Crippen molar-refractivity contribution in [1.82, 2.24) is 9.78 Å². The molecule has 3 aromatic rings. The Morgan fingerprint density at radius 3 is 2.52 bits per heavy atom. The minimum Gasteiger partial charge on any atom is -0.483 e. The lowest BCUT2D eigenvalue weighted by Crippen LogP contribution is -2.20. The van der Waals surface area contributed by atoms with Crippen LogP contribution >= 0.6 is 23.2 Å². The molecule has 0 fully saturated rings. The largest absolute Gasteiger partial charge is 0.483 e. The summed E-state index contributed by atoms with van der Waals surface area (Å²) in [6, 6.07) is 14.7. The normalized spacial score (nSPS) is 10.7. The molecule has 0 atom stereocenters. The van der Waals surface area contributed by atoms with Gasteiger partial charge in [0.15, 0.2) is 12.4 Å². The smallest absolute Gasteiger partial charge is 0.263 e. The Kier molecular flexibility index (Phi) is 6.04. The number of nitrogens with zero attached hydrogens (tertiary/aromatic N) is 2. The number of anilines is 1. The van der Waals surface area contributed by atoms with Gasteiger partial charge in [0, 0.05) is 27.4 Å². The predicted molar refractivity (Wildman–Crippen MR) is 108 cm³/mol. The zero-order valence-electron chi connectivity index (χ0n) is 15.0. The van der Waals surface area contributed by atoms with Gasteiger partial charge >= 0.3 is 0 Å². The van der Waals surface area contributed by atoms with Crippen molar-refractivity contribution in [3.8, 4) is 5.75 Å². The van der Waals surface area contributed by atoms with Crippen LogP contribution in [-0.2, 0) is 11.3 Å². The topological polar surface area (TPSA) is 56.1 Å². The summed E-state index contributed by atoms with van der Waals surface area (Å²) in [6.07, 6.45) is 0. The van der Waals surface area contributed by atoms with Gasteiger partial charge in [-0.2, -0.15) is 5.10 Å². The summed E-state index contributed by atoms with van der Waals surface area (Å²) >= 11 is 12.4. The SMILES string of the molecule is Cc1ccccc1OCC(=O)Nc1cc(C)n(Cc2c(Cl)cccc2Cl)n1. The fraction of sp³-hybridized carbons (Fsp3) is 0.200. The number of aromatic nitrogens is 2. The molecule has 27 heavy (non-hydrogen) atoms. The summed E-state index contributed by atoms with van der Waals surface area (Å²) in [5.74, 6) is 0.857. The maximum atomic E-state index is 12.2. The molecule has 0 bridgehead atoms. The third-order valence-corrected chi connectivity index (χ3v) is 4.78. The van der Waals surface area contributed by atoms with Gasteiger partial charge in [0.05, 0.1) is 6.54 Å². The van der Waals surface area contributed by atoms with Crippen LogP contribution in [0.25, 0.3) is 0 Å². The Balaban J connectivity index is 1.64. The minimum atomic E-state index is -0.279. The number of nitrogens with one attached hydrogen (secondary N) is 1. The van der Waals surface area contributed by atoms with E-state index in [1.54, 1.807) is 28.9 Å². The van der Waals surface area contributed by atoms with Crippen LogP contribution in [-0.4, -0.2) is 22.3 Å². The highest BCUT2D eigenvalue weighted by Gasteiger charge is 2.12. The van der Waals surface area contributed by atoms with Gasteiger partial charge in [0.1, 0.15) is 5.75 Å². The standard InChI is InChI=1S/C20H19Cl2N3O2/c1-13-6-3-4-9-18(13)27-12-20(26)23-19-10-14(2)25(24-19)11-15-16(21)7-5-8-17(15)22/h3-10H,11-12H2,1-2H3,(H,23,24,26). The molecule has 2 aromatic carbocycles. The van der Waals surface area contributed by atoms with E-state index in [0.717, 1.165) is 16.8 Å². The third kappa shape index (κ3) is 4.81. The van der Waals surface area contributed by atoms with Crippen LogP contribution in [0.1, 0.15) is 16.8 Å². The van der Waals surface area contributed by atoms with Crippen molar-refractivity contribution < 1.29 is 9.53 Å². The molecule has 0 aliphatic heterocycles. The van der Waals surface area contributed by atoms with Crippen LogP contribution < -0.4 is 10.1 Å². The third-order valence-electron chi connectivity index (χ3n) is 4.07. The molecule has 0 unspecified atom stereocenters. The number of carbonyl (C=O) groups excluding carboxylic acids is 1. The van der Waals surface area contributed by atoms with Gasteiger partial charge in [-0.3, -0.25) is 9.48 Å². The number of hydrogen-bond acceptors (Lipinski definition) is 3. The molecule has 1 heterocycles. The molecule has 140 valence electrons. The molecule has 1 aromatic heterocycles. The summed E-state index contributed by atoms with van der Waals surface area (Å²) in [5.41, 5.74) is 2.64. The molecular weight excluding hydrogens is 385 g/mol. The molecule has 3 rings (SSSR count). The highest BCUT2D eigenvalue weighted by molar-refractivity contribution is 6.35. The maximum absolute atomic E-state index is 12.2. The zero-order chi connectivity index (χ0) is 19.4. The lowest BCUT2D eigenvalue weighted by Gasteiger charge is -2.09. The zero-order valence-corrected chi connectivity index (χ0v) is 16.5. The van der Waals surface area contributed by atoms with Crippen molar-refractivity contribution in [3.05, 3.63) is 75.4 Å². The Labute approximate surface area is 167 Å². The van der Waals surface area contributed by atoms with E-state index in [1.807, 2.05) is 38.1 Å². The molecular formula is C20H19Cl2N3O2. The van der Waals surface area contributed by atoms with Crippen molar-refractivity contribution in [2.75, 3.05) is 11.9 Å². The summed E-state index contributed by atoms with van der Waals surface area (Å²) in [6.45, 7) is 4.16. The average molecular weight is 404 g/mol. The lowest BCUT2D eigenvalue weighted by molar-refractivity contribution is -0.118. The summed E-state index contributed by atoms with van der Waals surface area (Å²) < 4.78 is 7.29. The van der Waals surface area contributed by atoms with Gasteiger partial charge in [-0.1, -0.05) is 47.5 Å². The van der Waals surface area contributed by atoms with Crippen molar-refractivity contribution in [2.24, 2.45) is 0 Å². The molecule has 0 radical (unpaired) electrons. The quantitative estimate of drug-likeness (QED) is 0.638. The first-order chi connectivity index (χ1) is 12.9. The fourth-order valence-corrected chi connectivity index (χ4v) is 3.12. The van der Waals surface area contributed by atoms with Crippen molar-refractivity contribution in [2.45, 2.75) is 20.4 Å². The molecule has 0 spiro atoms. The van der Waals surface area contributed by atoms with Crippen LogP contribution in [0.4, 0.5) is 5.82 Å². The lowest BCUT2D eigenvalue weighted by atomic mass is 10.2. The Morgan fingerprint density at radius 1 is 1.11 bits per heavy atom. The van der Waals surface area contributed by atoms with E-state index in [9.17, 15) is 4.79 Å². The number of rotatable bonds is 6. The van der Waals surface area contributed by atoms with E-state index in [1.165, 1.54) is 0 Å². The van der Waals surface area contributed by atoms with Gasteiger partial charge in [0.25, 0.3) is 5.91 Å². The number of carbonyl (C=O) groups is 1. The van der Waals surface area contributed by atoms with Crippen LogP contribution in [0.3, 0.4) is 0 Å². The number of para-hydroxylation sites is 1. The first kappa shape index (κ1) is 19.3. The first-order valence-corrected chi connectivity index (χ1v) is 9.15. The van der Waals surface area contributed by atoms with Crippen molar-refractivity contribution in [3.63, 3.8) is 0 Å². The minimum absolute atomic E-state index is 0.0902. The molecule has 7 heteroatoms. The number of halogens is 2. The number of hydrogen-bond donors (Lipinski definition) is 1. The number of benzene rings is 2. The molecule has 0 saturated heterocycles. The van der Waals surface area contributed by atoms with Crippen LogP contribution in [0, 0.1) is 13.8 Å². The Morgan fingerprint density at radius 2 is 1.81 bits per heavy atom. The average Bonchev–Trinajstić information content (AvgIpc) is 2.96. The van der Waals surface area contributed by atoms with E-state index in [0.29, 0.717) is 28.2 Å². The van der Waals surface area contributed by atoms with Crippen LogP contribution in [0.2, 0.25) is 10.0 Å². The summed E-state index contributed by atoms with van der Waals surface area (Å²) in [5, 5.41) is 8.31. The Hall–Kier alpha value is -2.50. The van der Waals surface area contributed by atoms with Gasteiger partial charge in [-0.05, 0) is 37.6 Å². The number of ether oxygens (including phenoxy) is 1. The van der Waals surface area contributed by atoms with Crippen molar-refractivity contribution >= 4 is 34.9 Å². The number of amides is 1. The van der Waals surface area contributed by atoms with E-state index >= 15 is 0 Å². The first-order valence-electron chi connectivity index (χ1n) is 8.39. The molecule has 0 aliphatic carbocycles. The molecule has 1 N–H and O–H groups in total.